The summed E-state index contributed by atoms with van der Waals surface area (Å²) >= 11 is 5.17. The van der Waals surface area contributed by atoms with Gasteiger partial charge in [0.2, 0.25) is 0 Å². The number of benzene rings is 1. The molecule has 3 rings (SSSR count). The zero-order valence-electron chi connectivity index (χ0n) is 12.8. The van der Waals surface area contributed by atoms with E-state index in [1.165, 1.54) is 10.6 Å². The molecule has 0 aliphatic carbocycles. The number of amides is 2. The number of nitrogens with one attached hydrogen (secondary N) is 2. The first kappa shape index (κ1) is 16.3. The van der Waals surface area contributed by atoms with Crippen LogP contribution in [0.5, 0.6) is 0 Å². The first-order chi connectivity index (χ1) is 11.2. The standard InChI is InChI=1S/C17H20BrN3OS/c18-14-3-1-4-15(9-14)21-7-6-13(12-21)10-19-17(22)20-11-16-5-2-8-23-16/h1-5,8-9,13H,6-7,10-12H2,(H2,19,20,22). The SMILES string of the molecule is O=C(NCc1cccs1)NCC1CCN(c2cccc(Br)c2)C1. The van der Waals surface area contributed by atoms with Crippen molar-refractivity contribution < 1.29 is 4.79 Å². The third-order valence-corrected chi connectivity index (χ3v) is 5.38. The second kappa shape index (κ2) is 7.84. The Hall–Kier alpha value is -1.53. The largest absolute Gasteiger partial charge is 0.371 e. The van der Waals surface area contributed by atoms with Crippen molar-refractivity contribution in [3.8, 4) is 0 Å². The number of halogens is 1. The minimum atomic E-state index is -0.0840. The van der Waals surface area contributed by atoms with Crippen LogP contribution in [0.15, 0.2) is 46.3 Å². The molecule has 23 heavy (non-hydrogen) atoms. The number of rotatable bonds is 5. The normalized spacial score (nSPS) is 17.3. The van der Waals surface area contributed by atoms with E-state index in [2.05, 4.69) is 49.7 Å². The van der Waals surface area contributed by atoms with Crippen molar-refractivity contribution in [1.82, 2.24) is 10.6 Å². The van der Waals surface area contributed by atoms with E-state index in [9.17, 15) is 4.79 Å². The predicted molar refractivity (Wildman–Crippen MR) is 99.0 cm³/mol. The van der Waals surface area contributed by atoms with Gasteiger partial charge in [-0.1, -0.05) is 28.1 Å². The first-order valence-electron chi connectivity index (χ1n) is 7.75. The van der Waals surface area contributed by atoms with Crippen LogP contribution in [0.3, 0.4) is 0 Å². The summed E-state index contributed by atoms with van der Waals surface area (Å²) in [5, 5.41) is 7.91. The van der Waals surface area contributed by atoms with Crippen LogP contribution in [0, 0.1) is 5.92 Å². The predicted octanol–water partition coefficient (Wildman–Crippen LogP) is 3.84. The van der Waals surface area contributed by atoms with E-state index in [-0.39, 0.29) is 6.03 Å². The molecule has 2 aromatic rings. The Morgan fingerprint density at radius 2 is 2.22 bits per heavy atom. The van der Waals surface area contributed by atoms with Crippen molar-refractivity contribution in [3.05, 3.63) is 51.1 Å². The second-order valence-corrected chi connectivity index (χ2v) is 7.67. The lowest BCUT2D eigenvalue weighted by Gasteiger charge is -2.19. The maximum absolute atomic E-state index is 11.9. The summed E-state index contributed by atoms with van der Waals surface area (Å²) in [5.41, 5.74) is 1.24. The van der Waals surface area contributed by atoms with Gasteiger partial charge in [-0.05, 0) is 42.0 Å². The van der Waals surface area contributed by atoms with Crippen molar-refractivity contribution in [2.45, 2.75) is 13.0 Å². The molecule has 6 heteroatoms. The van der Waals surface area contributed by atoms with Crippen molar-refractivity contribution in [1.29, 1.82) is 0 Å². The highest BCUT2D eigenvalue weighted by molar-refractivity contribution is 9.10. The van der Waals surface area contributed by atoms with Crippen molar-refractivity contribution in [2.24, 2.45) is 5.92 Å². The Bertz CT molecular complexity index is 647. The van der Waals surface area contributed by atoms with Gasteiger partial charge in [-0.15, -0.1) is 11.3 Å². The molecule has 122 valence electrons. The summed E-state index contributed by atoms with van der Waals surface area (Å²) in [4.78, 5) is 15.4. The van der Waals surface area contributed by atoms with Crippen molar-refractivity contribution in [3.63, 3.8) is 0 Å². The van der Waals surface area contributed by atoms with Crippen LogP contribution < -0.4 is 15.5 Å². The van der Waals surface area contributed by atoms with Gasteiger partial charge >= 0.3 is 6.03 Å². The quantitative estimate of drug-likeness (QED) is 0.810. The van der Waals surface area contributed by atoms with Crippen LogP contribution in [-0.2, 0) is 6.54 Å². The second-order valence-electron chi connectivity index (χ2n) is 5.72. The minimum absolute atomic E-state index is 0.0840. The molecule has 1 atom stereocenters. The monoisotopic (exact) mass is 393 g/mol. The molecule has 1 aromatic carbocycles. The summed E-state index contributed by atoms with van der Waals surface area (Å²) in [6.07, 6.45) is 1.11. The molecule has 2 N–H and O–H groups in total. The number of nitrogens with zero attached hydrogens (tertiary/aromatic N) is 1. The topological polar surface area (TPSA) is 44.4 Å². The van der Waals surface area contributed by atoms with Crippen LogP contribution >= 0.6 is 27.3 Å². The first-order valence-corrected chi connectivity index (χ1v) is 9.42. The number of hydrogen-bond acceptors (Lipinski definition) is 3. The van der Waals surface area contributed by atoms with Gasteiger partial charge in [0.05, 0.1) is 6.54 Å². The number of thiophene rings is 1. The maximum atomic E-state index is 11.9. The molecule has 2 amide bonds. The van der Waals surface area contributed by atoms with Crippen molar-refractivity contribution >= 4 is 39.0 Å². The smallest absolute Gasteiger partial charge is 0.315 e. The van der Waals surface area contributed by atoms with Crippen LogP contribution in [0.1, 0.15) is 11.3 Å². The Morgan fingerprint density at radius 3 is 3.00 bits per heavy atom. The average Bonchev–Trinajstić information content (AvgIpc) is 3.22. The Kier molecular flexibility index (Phi) is 5.56. The van der Waals surface area contributed by atoms with E-state index in [0.29, 0.717) is 12.5 Å². The molecular formula is C17H20BrN3OS. The van der Waals surface area contributed by atoms with E-state index >= 15 is 0 Å². The summed E-state index contributed by atoms with van der Waals surface area (Å²) in [5.74, 6) is 0.501. The Morgan fingerprint density at radius 1 is 1.30 bits per heavy atom. The molecule has 1 unspecified atom stereocenters. The fourth-order valence-corrected chi connectivity index (χ4v) is 3.82. The third kappa shape index (κ3) is 4.72. The van der Waals surface area contributed by atoms with Gasteiger partial charge in [-0.3, -0.25) is 0 Å². The lowest BCUT2D eigenvalue weighted by Crippen LogP contribution is -2.38. The Balaban J connectivity index is 1.40. The highest BCUT2D eigenvalue weighted by Gasteiger charge is 2.23. The summed E-state index contributed by atoms with van der Waals surface area (Å²) in [7, 11) is 0. The van der Waals surface area contributed by atoms with Gasteiger partial charge in [-0.2, -0.15) is 0 Å². The van der Waals surface area contributed by atoms with E-state index in [0.717, 1.165) is 30.5 Å². The zero-order valence-corrected chi connectivity index (χ0v) is 15.2. The van der Waals surface area contributed by atoms with E-state index < -0.39 is 0 Å². The van der Waals surface area contributed by atoms with Gasteiger partial charge in [0, 0.05) is 34.7 Å². The fourth-order valence-electron chi connectivity index (χ4n) is 2.79. The maximum Gasteiger partial charge on any atom is 0.315 e. The molecule has 0 bridgehead atoms. The number of urea groups is 1. The molecule has 1 fully saturated rings. The van der Waals surface area contributed by atoms with Crippen LogP contribution in [0.2, 0.25) is 0 Å². The number of hydrogen-bond donors (Lipinski definition) is 2. The average molecular weight is 394 g/mol. The lowest BCUT2D eigenvalue weighted by molar-refractivity contribution is 0.239. The zero-order chi connectivity index (χ0) is 16.1. The number of carbonyl (C=O) groups excluding carboxylic acids is 1. The van der Waals surface area contributed by atoms with E-state index in [1.807, 2.05) is 23.6 Å². The molecule has 0 saturated carbocycles. The van der Waals surface area contributed by atoms with Gasteiger partial charge < -0.3 is 15.5 Å². The highest BCUT2D eigenvalue weighted by Crippen LogP contribution is 2.25. The van der Waals surface area contributed by atoms with Gasteiger partial charge in [0.1, 0.15) is 0 Å². The van der Waals surface area contributed by atoms with E-state index in [4.69, 9.17) is 0 Å². The molecule has 2 heterocycles. The molecule has 1 aliphatic heterocycles. The molecule has 1 saturated heterocycles. The summed E-state index contributed by atoms with van der Waals surface area (Å²) in [6.45, 7) is 3.35. The van der Waals surface area contributed by atoms with Crippen LogP contribution in [0.25, 0.3) is 0 Å². The Labute approximate surface area is 149 Å². The molecule has 1 aliphatic rings. The van der Waals surface area contributed by atoms with Crippen LogP contribution in [-0.4, -0.2) is 25.7 Å². The van der Waals surface area contributed by atoms with Gasteiger partial charge in [-0.25, -0.2) is 4.79 Å². The number of carbonyl (C=O) groups is 1. The molecule has 4 nitrogen and oxygen atoms in total. The third-order valence-electron chi connectivity index (χ3n) is 4.01. The molecule has 1 aromatic heterocycles. The fraction of sp³-hybridized carbons (Fsp3) is 0.353. The highest BCUT2D eigenvalue weighted by atomic mass is 79.9. The van der Waals surface area contributed by atoms with Gasteiger partial charge in [0.15, 0.2) is 0 Å². The lowest BCUT2D eigenvalue weighted by atomic mass is 10.1. The molecule has 0 radical (unpaired) electrons. The summed E-state index contributed by atoms with van der Waals surface area (Å²) < 4.78 is 1.10. The van der Waals surface area contributed by atoms with E-state index in [1.54, 1.807) is 11.3 Å². The van der Waals surface area contributed by atoms with Gasteiger partial charge in [0.25, 0.3) is 0 Å². The molecular weight excluding hydrogens is 374 g/mol. The van der Waals surface area contributed by atoms with Crippen LogP contribution in [0.4, 0.5) is 10.5 Å². The minimum Gasteiger partial charge on any atom is -0.371 e. The number of anilines is 1. The molecule has 0 spiro atoms. The van der Waals surface area contributed by atoms with Crippen molar-refractivity contribution in [2.75, 3.05) is 24.5 Å². The summed E-state index contributed by atoms with van der Waals surface area (Å²) in [6, 6.07) is 12.3.